The van der Waals surface area contributed by atoms with Crippen LogP contribution in [0.4, 0.5) is 0 Å². The fourth-order valence-corrected chi connectivity index (χ4v) is 2.69. The third-order valence-corrected chi connectivity index (χ3v) is 3.99. The normalized spacial score (nSPS) is 40.5. The van der Waals surface area contributed by atoms with Gasteiger partial charge in [0, 0.05) is 13.1 Å². The number of hydrogen-bond donors (Lipinski definition) is 0. The first-order valence-corrected chi connectivity index (χ1v) is 5.45. The summed E-state index contributed by atoms with van der Waals surface area (Å²) in [7, 11) is 0. The number of nitriles is 1. The first kappa shape index (κ1) is 7.82. The molecule has 2 nitrogen and oxygen atoms in total. The van der Waals surface area contributed by atoms with Gasteiger partial charge in [0.1, 0.15) is 0 Å². The first-order valence-electron chi connectivity index (χ1n) is 5.45. The molecule has 2 aliphatic carbocycles. The Labute approximate surface area is 79.5 Å². The minimum Gasteiger partial charge on any atom is -0.301 e. The van der Waals surface area contributed by atoms with Gasteiger partial charge in [-0.3, -0.25) is 0 Å². The molecule has 13 heavy (non-hydrogen) atoms. The van der Waals surface area contributed by atoms with Crippen molar-refractivity contribution in [2.45, 2.75) is 25.7 Å². The lowest BCUT2D eigenvalue weighted by atomic mass is 10.1. The van der Waals surface area contributed by atoms with Crippen LogP contribution in [-0.2, 0) is 0 Å². The minimum absolute atomic E-state index is 0.0850. The fraction of sp³-hybridized carbons (Fsp3) is 0.909. The monoisotopic (exact) mass is 176 g/mol. The number of nitrogens with zero attached hydrogens (tertiary/aromatic N) is 2. The van der Waals surface area contributed by atoms with Crippen molar-refractivity contribution < 1.29 is 0 Å². The van der Waals surface area contributed by atoms with Crippen LogP contribution in [-0.4, -0.2) is 24.5 Å². The molecule has 0 N–H and O–H groups in total. The van der Waals surface area contributed by atoms with Crippen molar-refractivity contribution in [3.63, 3.8) is 0 Å². The zero-order valence-electron chi connectivity index (χ0n) is 8.00. The van der Waals surface area contributed by atoms with E-state index in [-0.39, 0.29) is 5.41 Å². The highest BCUT2D eigenvalue weighted by molar-refractivity contribution is 5.12. The van der Waals surface area contributed by atoms with Crippen LogP contribution in [0.5, 0.6) is 0 Å². The molecule has 3 rings (SSSR count). The summed E-state index contributed by atoms with van der Waals surface area (Å²) in [5.74, 6) is 2.07. The van der Waals surface area contributed by atoms with Gasteiger partial charge < -0.3 is 4.90 Å². The van der Waals surface area contributed by atoms with Crippen molar-refractivity contribution in [1.82, 2.24) is 4.90 Å². The highest BCUT2D eigenvalue weighted by Crippen LogP contribution is 2.49. The zero-order chi connectivity index (χ0) is 8.89. The maximum Gasteiger partial charge on any atom is 0.0703 e. The number of rotatable bonds is 2. The van der Waals surface area contributed by atoms with Gasteiger partial charge in [-0.25, -0.2) is 0 Å². The van der Waals surface area contributed by atoms with Crippen LogP contribution in [0.3, 0.4) is 0 Å². The van der Waals surface area contributed by atoms with E-state index in [9.17, 15) is 0 Å². The van der Waals surface area contributed by atoms with Crippen LogP contribution in [0.2, 0.25) is 0 Å². The topological polar surface area (TPSA) is 27.0 Å². The molecule has 0 bridgehead atoms. The lowest BCUT2D eigenvalue weighted by molar-refractivity contribution is 0.196. The molecule has 0 aromatic carbocycles. The van der Waals surface area contributed by atoms with Crippen LogP contribution in [0.25, 0.3) is 0 Å². The van der Waals surface area contributed by atoms with Crippen molar-refractivity contribution in [3.8, 4) is 6.07 Å². The number of likely N-dealkylation sites (tertiary alicyclic amines) is 1. The van der Waals surface area contributed by atoms with E-state index in [0.717, 1.165) is 31.2 Å². The predicted octanol–water partition coefficient (Wildman–Crippen LogP) is 1.63. The molecule has 0 amide bonds. The summed E-state index contributed by atoms with van der Waals surface area (Å²) in [5.41, 5.74) is 0.0850. The van der Waals surface area contributed by atoms with E-state index < -0.39 is 0 Å². The predicted molar refractivity (Wildman–Crippen MR) is 49.9 cm³/mol. The van der Waals surface area contributed by atoms with E-state index in [1.807, 2.05) is 0 Å². The van der Waals surface area contributed by atoms with Gasteiger partial charge >= 0.3 is 0 Å². The largest absolute Gasteiger partial charge is 0.301 e. The molecule has 3 fully saturated rings. The fourth-order valence-electron chi connectivity index (χ4n) is 2.69. The van der Waals surface area contributed by atoms with E-state index in [2.05, 4.69) is 11.0 Å². The van der Waals surface area contributed by atoms with Crippen molar-refractivity contribution in [1.29, 1.82) is 5.26 Å². The second kappa shape index (κ2) is 2.48. The van der Waals surface area contributed by atoms with Crippen molar-refractivity contribution in [2.24, 2.45) is 17.3 Å². The molecule has 2 unspecified atom stereocenters. The smallest absolute Gasteiger partial charge is 0.0703 e. The van der Waals surface area contributed by atoms with E-state index in [0.29, 0.717) is 0 Å². The summed E-state index contributed by atoms with van der Waals surface area (Å²) >= 11 is 0. The van der Waals surface area contributed by atoms with E-state index >= 15 is 0 Å². The maximum atomic E-state index is 8.99. The molecule has 1 saturated heterocycles. The average Bonchev–Trinajstić information content (AvgIpc) is 2.99. The zero-order valence-corrected chi connectivity index (χ0v) is 8.00. The Balaban J connectivity index is 1.58. The van der Waals surface area contributed by atoms with Crippen molar-refractivity contribution >= 4 is 0 Å². The van der Waals surface area contributed by atoms with Crippen LogP contribution in [0.1, 0.15) is 25.7 Å². The van der Waals surface area contributed by atoms with Crippen LogP contribution in [0, 0.1) is 28.6 Å². The van der Waals surface area contributed by atoms with E-state index in [1.54, 1.807) is 0 Å². The molecule has 1 heterocycles. The minimum atomic E-state index is 0.0850. The van der Waals surface area contributed by atoms with Crippen molar-refractivity contribution in [2.75, 3.05) is 19.6 Å². The summed E-state index contributed by atoms with van der Waals surface area (Å²) in [4.78, 5) is 2.53. The molecule has 0 radical (unpaired) electrons. The molecule has 70 valence electrons. The van der Waals surface area contributed by atoms with Crippen molar-refractivity contribution in [3.05, 3.63) is 0 Å². The second-order valence-electron chi connectivity index (χ2n) is 5.17. The summed E-state index contributed by atoms with van der Waals surface area (Å²) in [6.45, 7) is 3.60. The van der Waals surface area contributed by atoms with Gasteiger partial charge in [-0.15, -0.1) is 0 Å². The second-order valence-corrected chi connectivity index (χ2v) is 5.17. The Kier molecular flexibility index (Phi) is 1.49. The Morgan fingerprint density at radius 2 is 2.23 bits per heavy atom. The Bertz CT molecular complexity index is 262. The van der Waals surface area contributed by atoms with Crippen LogP contribution in [0.15, 0.2) is 0 Å². The van der Waals surface area contributed by atoms with Crippen LogP contribution >= 0.6 is 0 Å². The molecule has 1 aliphatic heterocycles. The summed E-state index contributed by atoms with van der Waals surface area (Å²) in [6, 6.07) is 2.49. The maximum absolute atomic E-state index is 8.99. The standard InChI is InChI=1S/C11H16N2/c12-7-11(2-3-11)8-13-4-1-9-5-10(9)6-13/h9-10H,1-6,8H2. The summed E-state index contributed by atoms with van der Waals surface area (Å²) in [6.07, 6.45) is 5.16. The third kappa shape index (κ3) is 1.36. The number of hydrogen-bond acceptors (Lipinski definition) is 2. The van der Waals surface area contributed by atoms with E-state index in [4.69, 9.17) is 5.26 Å². The first-order chi connectivity index (χ1) is 6.31. The summed E-state index contributed by atoms with van der Waals surface area (Å²) in [5, 5.41) is 8.99. The molecular formula is C11H16N2. The quantitative estimate of drug-likeness (QED) is 0.639. The molecule has 2 saturated carbocycles. The Morgan fingerprint density at radius 3 is 2.85 bits per heavy atom. The van der Waals surface area contributed by atoms with Gasteiger partial charge in [-0.2, -0.15) is 5.26 Å². The highest BCUT2D eigenvalue weighted by atomic mass is 15.2. The summed E-state index contributed by atoms with van der Waals surface area (Å²) < 4.78 is 0. The lowest BCUT2D eigenvalue weighted by Crippen LogP contribution is -2.35. The third-order valence-electron chi connectivity index (χ3n) is 3.99. The highest BCUT2D eigenvalue weighted by Gasteiger charge is 2.47. The molecule has 2 atom stereocenters. The Morgan fingerprint density at radius 1 is 1.38 bits per heavy atom. The number of fused-ring (bicyclic) bond motifs is 1. The van der Waals surface area contributed by atoms with E-state index in [1.165, 1.54) is 25.9 Å². The van der Waals surface area contributed by atoms with Gasteiger partial charge in [-0.1, -0.05) is 0 Å². The molecule has 0 spiro atoms. The molecule has 2 heteroatoms. The molecule has 3 aliphatic rings. The average molecular weight is 176 g/mol. The number of piperidine rings is 1. The van der Waals surface area contributed by atoms with Crippen LogP contribution < -0.4 is 0 Å². The Hall–Kier alpha value is -0.550. The van der Waals surface area contributed by atoms with Gasteiger partial charge in [-0.05, 0) is 44.1 Å². The van der Waals surface area contributed by atoms with Gasteiger partial charge in [0.2, 0.25) is 0 Å². The molecular weight excluding hydrogens is 160 g/mol. The van der Waals surface area contributed by atoms with Gasteiger partial charge in [0.15, 0.2) is 0 Å². The van der Waals surface area contributed by atoms with Gasteiger partial charge in [0.05, 0.1) is 11.5 Å². The SMILES string of the molecule is N#CC1(CN2CCC3CC3C2)CC1. The van der Waals surface area contributed by atoms with Gasteiger partial charge in [0.25, 0.3) is 0 Å². The molecule has 0 aromatic rings. The lowest BCUT2D eigenvalue weighted by Gasteiger charge is -2.27. The molecule has 0 aromatic heterocycles.